The molecule has 312 valence electrons. The molecule has 0 aliphatic carbocycles. The number of aliphatic hydroxyl groups excluding tert-OH is 8. The minimum Gasteiger partial charge on any atom is -0.504 e. The molecule has 0 saturated carbocycles. The molecule has 20 heteroatoms. The number of methoxy groups -OCH3 is 2. The molecule has 0 spiro atoms. The van der Waals surface area contributed by atoms with E-state index in [1.807, 2.05) is 0 Å². The molecule has 5 rings (SSSR count). The van der Waals surface area contributed by atoms with E-state index >= 15 is 0 Å². The van der Waals surface area contributed by atoms with Crippen LogP contribution in [0.1, 0.15) is 11.1 Å². The summed E-state index contributed by atoms with van der Waals surface area (Å²) in [6.45, 7) is -2.07. The predicted octanol–water partition coefficient (Wildman–Crippen LogP) is -2.97. The lowest BCUT2D eigenvalue weighted by molar-refractivity contribution is -0.386. The average molecular weight is 801 g/mol. The number of phenolic OH excluding ortho intramolecular Hbond substituents is 2. The van der Waals surface area contributed by atoms with Crippen molar-refractivity contribution in [3.05, 3.63) is 53.6 Å². The van der Waals surface area contributed by atoms with E-state index in [1.54, 1.807) is 6.07 Å². The number of carbonyl (C=O) groups is 1. The number of benzene rings is 2. The normalized spacial score (nSPS) is 35.0. The number of carbonyl (C=O) groups excluding carboxylic acids is 1. The number of ether oxygens (including phenoxy) is 9. The van der Waals surface area contributed by atoms with Gasteiger partial charge in [0.15, 0.2) is 41.9 Å². The van der Waals surface area contributed by atoms with Gasteiger partial charge in [-0.1, -0.05) is 12.1 Å². The molecule has 14 atom stereocenters. The van der Waals surface area contributed by atoms with Crippen LogP contribution in [0, 0.1) is 0 Å². The molecule has 0 bridgehead atoms. The van der Waals surface area contributed by atoms with Crippen LogP contribution in [0.4, 0.5) is 0 Å². The van der Waals surface area contributed by atoms with Gasteiger partial charge in [-0.25, -0.2) is 4.79 Å². The minimum atomic E-state index is -1.95. The fourth-order valence-electron chi connectivity index (χ4n) is 6.21. The molecule has 2 aromatic carbocycles. The lowest BCUT2D eigenvalue weighted by Crippen LogP contribution is -2.66. The monoisotopic (exact) mass is 800 g/mol. The van der Waals surface area contributed by atoms with Crippen LogP contribution in [0.5, 0.6) is 23.0 Å². The molecule has 2 aromatic rings. The maximum absolute atomic E-state index is 12.8. The summed E-state index contributed by atoms with van der Waals surface area (Å²) in [5.41, 5.74) is 1.07. The van der Waals surface area contributed by atoms with Crippen molar-refractivity contribution in [2.75, 3.05) is 40.6 Å². The Labute approximate surface area is 320 Å². The van der Waals surface area contributed by atoms with Crippen LogP contribution in [0.15, 0.2) is 42.5 Å². The highest BCUT2D eigenvalue weighted by Crippen LogP contribution is 2.34. The van der Waals surface area contributed by atoms with Crippen molar-refractivity contribution in [3.63, 3.8) is 0 Å². The van der Waals surface area contributed by atoms with Gasteiger partial charge in [-0.2, -0.15) is 0 Å². The Morgan fingerprint density at radius 3 is 2.14 bits per heavy atom. The number of esters is 1. The van der Waals surface area contributed by atoms with E-state index in [0.717, 1.165) is 6.08 Å². The Morgan fingerprint density at radius 2 is 1.45 bits per heavy atom. The Kier molecular flexibility index (Phi) is 15.2. The zero-order valence-electron chi connectivity index (χ0n) is 30.3. The maximum Gasteiger partial charge on any atom is 0.330 e. The highest BCUT2D eigenvalue weighted by atomic mass is 16.8. The van der Waals surface area contributed by atoms with Crippen molar-refractivity contribution in [3.8, 4) is 23.0 Å². The summed E-state index contributed by atoms with van der Waals surface area (Å²) in [7, 11) is 2.74. The summed E-state index contributed by atoms with van der Waals surface area (Å²) < 4.78 is 50.5. The third-order valence-corrected chi connectivity index (χ3v) is 9.43. The molecular weight excluding hydrogens is 752 g/mol. The number of hydrogen-bond donors (Lipinski definition) is 10. The van der Waals surface area contributed by atoms with E-state index in [1.165, 1.54) is 50.6 Å². The molecule has 0 amide bonds. The highest BCUT2D eigenvalue weighted by Gasteiger charge is 2.54. The van der Waals surface area contributed by atoms with Crippen LogP contribution in [-0.2, 0) is 44.4 Å². The van der Waals surface area contributed by atoms with Crippen molar-refractivity contribution in [2.45, 2.75) is 92.4 Å². The van der Waals surface area contributed by atoms with E-state index in [0.29, 0.717) is 11.1 Å². The topological polar surface area (TPSA) is 302 Å². The first-order valence-electron chi connectivity index (χ1n) is 17.6. The standard InChI is InChI=1S/C36H48O20/c1-48-21-7-4-17(11-19(21)39)9-10-50-36-33(56-34-30(46)26(42)20(40)14-52-34)32(55-35-31(47)29(45)27(43)23(13-37)53-35)28(44)24(54-36)15-51-25(41)8-5-16-3-6-18(38)22(12-16)49-2/h3-8,11-12,20,23-24,26-40,42-47H,9-10,13-15H2,1-2H3/t20-,23-,24-,26-,27-,28-,29+,30+,31-,32+,33-,34-,35+,36-/m1/s1. The maximum atomic E-state index is 12.8. The molecule has 3 saturated heterocycles. The third kappa shape index (κ3) is 10.2. The fraction of sp³-hybridized carbons (Fsp3) is 0.583. The zero-order chi connectivity index (χ0) is 40.7. The van der Waals surface area contributed by atoms with E-state index in [2.05, 4.69) is 0 Å². The molecule has 3 aliphatic rings. The van der Waals surface area contributed by atoms with Crippen LogP contribution >= 0.6 is 0 Å². The van der Waals surface area contributed by atoms with Gasteiger partial charge in [0.1, 0.15) is 73.8 Å². The fourth-order valence-corrected chi connectivity index (χ4v) is 6.21. The first kappa shape index (κ1) is 43.4. The molecule has 10 N–H and O–H groups in total. The molecule has 20 nitrogen and oxygen atoms in total. The van der Waals surface area contributed by atoms with Gasteiger partial charge in [-0.3, -0.25) is 0 Å². The number of aliphatic hydroxyl groups is 8. The second-order valence-electron chi connectivity index (χ2n) is 13.2. The van der Waals surface area contributed by atoms with E-state index in [9.17, 15) is 55.9 Å². The van der Waals surface area contributed by atoms with E-state index in [-0.39, 0.29) is 36.0 Å². The third-order valence-electron chi connectivity index (χ3n) is 9.43. The number of hydrogen-bond acceptors (Lipinski definition) is 20. The second kappa shape index (κ2) is 19.6. The van der Waals surface area contributed by atoms with Crippen molar-refractivity contribution in [1.29, 1.82) is 0 Å². The predicted molar refractivity (Wildman–Crippen MR) is 185 cm³/mol. The van der Waals surface area contributed by atoms with Crippen LogP contribution in [0.3, 0.4) is 0 Å². The van der Waals surface area contributed by atoms with Gasteiger partial charge in [0.05, 0.1) is 34.0 Å². The average Bonchev–Trinajstić information content (AvgIpc) is 3.19. The second-order valence-corrected chi connectivity index (χ2v) is 13.2. The molecule has 0 radical (unpaired) electrons. The summed E-state index contributed by atoms with van der Waals surface area (Å²) in [6.07, 6.45) is -21.2. The SMILES string of the molecule is COc1ccc(CCO[C@@H]2O[C@H](COC(=O)C=Cc3ccc(O)c(OC)c3)[C@@H](O)[C@H](O[C@@H]3O[C@H](CO)[C@@H](O)[C@H](O)[C@H]3O)[C@H]2O[C@H]2OC[C@@H](O)[C@@H](O)[C@@H]2O)cc1O. The Bertz CT molecular complexity index is 1610. The van der Waals surface area contributed by atoms with Gasteiger partial charge < -0.3 is 93.7 Å². The summed E-state index contributed by atoms with van der Waals surface area (Å²) >= 11 is 0. The summed E-state index contributed by atoms with van der Waals surface area (Å²) in [5, 5.41) is 104. The largest absolute Gasteiger partial charge is 0.504 e. The van der Waals surface area contributed by atoms with Crippen LogP contribution in [0.25, 0.3) is 6.08 Å². The van der Waals surface area contributed by atoms with Crippen molar-refractivity contribution < 1.29 is 98.5 Å². The quantitative estimate of drug-likeness (QED) is 0.0635. The van der Waals surface area contributed by atoms with E-state index in [4.69, 9.17) is 42.6 Å². The van der Waals surface area contributed by atoms with Gasteiger partial charge in [0.25, 0.3) is 0 Å². The van der Waals surface area contributed by atoms with Gasteiger partial charge in [0, 0.05) is 6.08 Å². The summed E-state index contributed by atoms with van der Waals surface area (Å²) in [6, 6.07) is 8.98. The van der Waals surface area contributed by atoms with Crippen molar-refractivity contribution >= 4 is 12.0 Å². The van der Waals surface area contributed by atoms with Crippen molar-refractivity contribution in [1.82, 2.24) is 0 Å². The van der Waals surface area contributed by atoms with Crippen molar-refractivity contribution in [2.24, 2.45) is 0 Å². The van der Waals surface area contributed by atoms with Crippen LogP contribution in [-0.4, -0.2) is 184 Å². The minimum absolute atomic E-state index is 0.115. The zero-order valence-corrected chi connectivity index (χ0v) is 30.3. The van der Waals surface area contributed by atoms with Gasteiger partial charge in [-0.05, 0) is 47.9 Å². The summed E-state index contributed by atoms with van der Waals surface area (Å²) in [4.78, 5) is 12.8. The molecule has 3 heterocycles. The molecule has 0 unspecified atom stereocenters. The molecule has 3 fully saturated rings. The van der Waals surface area contributed by atoms with Crippen LogP contribution < -0.4 is 9.47 Å². The van der Waals surface area contributed by atoms with Gasteiger partial charge in [0.2, 0.25) is 0 Å². The lowest BCUT2D eigenvalue weighted by atomic mass is 9.96. The summed E-state index contributed by atoms with van der Waals surface area (Å²) in [5.74, 6) is -0.750. The number of aromatic hydroxyl groups is 2. The molecular formula is C36H48O20. The molecule has 3 aliphatic heterocycles. The molecule has 0 aromatic heterocycles. The number of rotatable bonds is 15. The van der Waals surface area contributed by atoms with Gasteiger partial charge in [-0.15, -0.1) is 0 Å². The first-order chi connectivity index (χ1) is 26.8. The number of phenols is 2. The van der Waals surface area contributed by atoms with E-state index < -0.39 is 112 Å². The van der Waals surface area contributed by atoms with Gasteiger partial charge >= 0.3 is 5.97 Å². The Morgan fingerprint density at radius 1 is 0.750 bits per heavy atom. The Balaban J connectivity index is 1.41. The highest BCUT2D eigenvalue weighted by molar-refractivity contribution is 5.87. The smallest absolute Gasteiger partial charge is 0.330 e. The Hall–Kier alpha value is -3.71. The van der Waals surface area contributed by atoms with Crippen LogP contribution in [0.2, 0.25) is 0 Å². The first-order valence-corrected chi connectivity index (χ1v) is 17.6. The lowest BCUT2D eigenvalue weighted by Gasteiger charge is -2.48. The molecule has 56 heavy (non-hydrogen) atoms.